The molecule has 0 atom stereocenters. The summed E-state index contributed by atoms with van der Waals surface area (Å²) in [4.78, 5) is 3.25. The van der Waals surface area contributed by atoms with E-state index in [1.54, 1.807) is 12.1 Å². The number of hydrogen-bond acceptors (Lipinski definition) is 1. The molecule has 0 spiro atoms. The first-order valence-corrected chi connectivity index (χ1v) is 6.98. The molecule has 0 aliphatic heterocycles. The number of aromatic amines is 1. The van der Waals surface area contributed by atoms with Crippen LogP contribution >= 0.6 is 12.2 Å². The van der Waals surface area contributed by atoms with E-state index in [0.717, 1.165) is 29.6 Å². The second-order valence-corrected chi connectivity index (χ2v) is 5.32. The summed E-state index contributed by atoms with van der Waals surface area (Å²) in [6.07, 6.45) is 0.757. The van der Waals surface area contributed by atoms with Crippen LogP contribution in [0.5, 0.6) is 0 Å². The first-order chi connectivity index (χ1) is 9.65. The van der Waals surface area contributed by atoms with E-state index in [1.165, 1.54) is 11.6 Å². The van der Waals surface area contributed by atoms with Crippen molar-refractivity contribution in [2.45, 2.75) is 19.9 Å². The Balaban J connectivity index is 1.93. The van der Waals surface area contributed by atoms with Crippen LogP contribution in [-0.2, 0) is 13.0 Å². The number of benzene rings is 2. The Labute approximate surface area is 121 Å². The van der Waals surface area contributed by atoms with Crippen molar-refractivity contribution in [3.05, 3.63) is 64.2 Å². The van der Waals surface area contributed by atoms with Gasteiger partial charge in [-0.1, -0.05) is 24.3 Å². The Morgan fingerprint density at radius 2 is 2.00 bits per heavy atom. The molecule has 0 bridgehead atoms. The standard InChI is InChI=1S/C16H15FN2S/c1-11-4-2-7-14-15(11)18-16(20)19(14)9-8-12-5-3-6-13(17)10-12/h2-7,10H,8-9H2,1H3,(H,18,20). The maximum atomic E-state index is 13.2. The van der Waals surface area contributed by atoms with Crippen LogP contribution in [0.25, 0.3) is 11.0 Å². The molecule has 3 aromatic rings. The molecular weight excluding hydrogens is 271 g/mol. The van der Waals surface area contributed by atoms with Gasteiger partial charge in [-0.3, -0.25) is 0 Å². The molecule has 0 saturated heterocycles. The number of aryl methyl sites for hydroxylation is 3. The zero-order valence-corrected chi connectivity index (χ0v) is 12.0. The predicted molar refractivity (Wildman–Crippen MR) is 82.0 cm³/mol. The smallest absolute Gasteiger partial charge is 0.178 e. The first kappa shape index (κ1) is 13.1. The van der Waals surface area contributed by atoms with E-state index in [-0.39, 0.29) is 5.82 Å². The summed E-state index contributed by atoms with van der Waals surface area (Å²) in [6, 6.07) is 12.9. The van der Waals surface area contributed by atoms with Gasteiger partial charge in [-0.05, 0) is 54.9 Å². The number of nitrogens with zero attached hydrogens (tertiary/aromatic N) is 1. The number of H-pyrrole nitrogens is 1. The summed E-state index contributed by atoms with van der Waals surface area (Å²) in [5.41, 5.74) is 4.34. The first-order valence-electron chi connectivity index (χ1n) is 6.58. The third-order valence-electron chi connectivity index (χ3n) is 3.53. The highest BCUT2D eigenvalue weighted by Crippen LogP contribution is 2.18. The highest BCUT2D eigenvalue weighted by atomic mass is 32.1. The highest BCUT2D eigenvalue weighted by molar-refractivity contribution is 7.71. The molecule has 0 fully saturated rings. The summed E-state index contributed by atoms with van der Waals surface area (Å²) < 4.78 is 16.0. The van der Waals surface area contributed by atoms with Crippen LogP contribution in [0, 0.1) is 17.5 Å². The van der Waals surface area contributed by atoms with Crippen molar-refractivity contribution in [1.29, 1.82) is 0 Å². The lowest BCUT2D eigenvalue weighted by Crippen LogP contribution is -2.01. The van der Waals surface area contributed by atoms with Crippen molar-refractivity contribution in [2.75, 3.05) is 0 Å². The largest absolute Gasteiger partial charge is 0.330 e. The molecule has 0 aliphatic rings. The van der Waals surface area contributed by atoms with Crippen molar-refractivity contribution >= 4 is 23.3 Å². The maximum absolute atomic E-state index is 13.2. The van der Waals surface area contributed by atoms with Gasteiger partial charge in [0.05, 0.1) is 11.0 Å². The average molecular weight is 286 g/mol. The molecule has 20 heavy (non-hydrogen) atoms. The van der Waals surface area contributed by atoms with Gasteiger partial charge in [0.1, 0.15) is 5.82 Å². The number of halogens is 1. The van der Waals surface area contributed by atoms with Crippen LogP contribution in [0.3, 0.4) is 0 Å². The minimum atomic E-state index is -0.194. The van der Waals surface area contributed by atoms with Gasteiger partial charge in [-0.25, -0.2) is 4.39 Å². The van der Waals surface area contributed by atoms with Gasteiger partial charge in [-0.15, -0.1) is 0 Å². The molecule has 0 radical (unpaired) electrons. The van der Waals surface area contributed by atoms with Crippen LogP contribution in [-0.4, -0.2) is 9.55 Å². The average Bonchev–Trinajstić information content (AvgIpc) is 2.74. The quantitative estimate of drug-likeness (QED) is 0.708. The maximum Gasteiger partial charge on any atom is 0.178 e. The Kier molecular flexibility index (Phi) is 3.40. The lowest BCUT2D eigenvalue weighted by Gasteiger charge is -2.05. The van der Waals surface area contributed by atoms with Gasteiger partial charge in [0, 0.05) is 6.54 Å². The van der Waals surface area contributed by atoms with E-state index in [4.69, 9.17) is 12.2 Å². The number of rotatable bonds is 3. The van der Waals surface area contributed by atoms with Gasteiger partial charge in [0.15, 0.2) is 4.77 Å². The highest BCUT2D eigenvalue weighted by Gasteiger charge is 2.06. The molecule has 0 saturated carbocycles. The molecule has 102 valence electrons. The van der Waals surface area contributed by atoms with Gasteiger partial charge in [0.25, 0.3) is 0 Å². The molecule has 0 amide bonds. The SMILES string of the molecule is Cc1cccc2c1[nH]c(=S)n2CCc1cccc(F)c1. The van der Waals surface area contributed by atoms with E-state index >= 15 is 0 Å². The van der Waals surface area contributed by atoms with Crippen molar-refractivity contribution in [1.82, 2.24) is 9.55 Å². The number of para-hydroxylation sites is 1. The van der Waals surface area contributed by atoms with Crippen LogP contribution in [0.2, 0.25) is 0 Å². The number of aromatic nitrogens is 2. The molecule has 2 nitrogen and oxygen atoms in total. The minimum absolute atomic E-state index is 0.194. The van der Waals surface area contributed by atoms with Gasteiger partial charge >= 0.3 is 0 Å². The molecule has 4 heteroatoms. The summed E-state index contributed by atoms with van der Waals surface area (Å²) in [5, 5.41) is 0. The number of nitrogens with one attached hydrogen (secondary N) is 1. The summed E-state index contributed by atoms with van der Waals surface area (Å²) in [6.45, 7) is 2.80. The summed E-state index contributed by atoms with van der Waals surface area (Å²) in [5.74, 6) is -0.194. The van der Waals surface area contributed by atoms with Gasteiger partial charge in [-0.2, -0.15) is 0 Å². The van der Waals surface area contributed by atoms with Crippen molar-refractivity contribution in [2.24, 2.45) is 0 Å². The lowest BCUT2D eigenvalue weighted by atomic mass is 10.1. The number of imidazole rings is 1. The Bertz CT molecular complexity index is 817. The van der Waals surface area contributed by atoms with Crippen LogP contribution in [0.4, 0.5) is 4.39 Å². The predicted octanol–water partition coefficient (Wildman–Crippen LogP) is 4.39. The second-order valence-electron chi connectivity index (χ2n) is 4.93. The Morgan fingerprint density at radius 3 is 2.80 bits per heavy atom. The molecule has 1 heterocycles. The lowest BCUT2D eigenvalue weighted by molar-refractivity contribution is 0.622. The van der Waals surface area contributed by atoms with Crippen LogP contribution < -0.4 is 0 Å². The molecule has 3 rings (SSSR count). The fourth-order valence-electron chi connectivity index (χ4n) is 2.48. The van der Waals surface area contributed by atoms with Crippen LogP contribution in [0.15, 0.2) is 42.5 Å². The summed E-state index contributed by atoms with van der Waals surface area (Å²) in [7, 11) is 0. The van der Waals surface area contributed by atoms with Gasteiger partial charge < -0.3 is 9.55 Å². The molecule has 1 N–H and O–H groups in total. The summed E-state index contributed by atoms with van der Waals surface area (Å²) >= 11 is 5.39. The minimum Gasteiger partial charge on any atom is -0.330 e. The third-order valence-corrected chi connectivity index (χ3v) is 3.85. The monoisotopic (exact) mass is 286 g/mol. The normalized spacial score (nSPS) is 11.1. The van der Waals surface area contributed by atoms with E-state index in [1.807, 2.05) is 12.1 Å². The van der Waals surface area contributed by atoms with E-state index in [9.17, 15) is 4.39 Å². The fraction of sp³-hybridized carbons (Fsp3) is 0.188. The number of fused-ring (bicyclic) bond motifs is 1. The van der Waals surface area contributed by atoms with E-state index < -0.39 is 0 Å². The third kappa shape index (κ3) is 2.39. The zero-order valence-electron chi connectivity index (χ0n) is 11.2. The van der Waals surface area contributed by atoms with E-state index in [2.05, 4.69) is 28.6 Å². The van der Waals surface area contributed by atoms with Crippen molar-refractivity contribution in [3.8, 4) is 0 Å². The molecule has 0 unspecified atom stereocenters. The molecule has 2 aromatic carbocycles. The molecular formula is C16H15FN2S. The van der Waals surface area contributed by atoms with Gasteiger partial charge in [0.2, 0.25) is 0 Å². The molecule has 0 aliphatic carbocycles. The topological polar surface area (TPSA) is 20.7 Å². The molecule has 1 aromatic heterocycles. The van der Waals surface area contributed by atoms with E-state index in [0.29, 0.717) is 4.77 Å². The van der Waals surface area contributed by atoms with Crippen molar-refractivity contribution < 1.29 is 4.39 Å². The number of hydrogen-bond donors (Lipinski definition) is 1. The fourth-order valence-corrected chi connectivity index (χ4v) is 2.77. The zero-order chi connectivity index (χ0) is 14.1. The Morgan fingerprint density at radius 1 is 1.20 bits per heavy atom. The second kappa shape index (κ2) is 5.21. The van der Waals surface area contributed by atoms with Crippen molar-refractivity contribution in [3.63, 3.8) is 0 Å². The Hall–Kier alpha value is -1.94. The van der Waals surface area contributed by atoms with Crippen LogP contribution in [0.1, 0.15) is 11.1 Å².